The number of amides is 1. The van der Waals surface area contributed by atoms with Gasteiger partial charge in [0.05, 0.1) is 12.3 Å². The molecule has 2 aliphatic heterocycles. The number of anilines is 2. The average Bonchev–Trinajstić information content (AvgIpc) is 2.98. The lowest BCUT2D eigenvalue weighted by molar-refractivity contribution is 0.0746. The molecule has 2 saturated heterocycles. The van der Waals surface area contributed by atoms with Crippen LogP contribution in [-0.4, -0.2) is 84.6 Å². The fourth-order valence-electron chi connectivity index (χ4n) is 5.35. The fourth-order valence-corrected chi connectivity index (χ4v) is 5.35. The molecule has 1 N–H and O–H groups in total. The standard InChI is InChI=1S/C31H40N6O3/c1-3-4-21-40-27-11-9-25(10-12-27)30(39)36-17-19-37(20-18-36)31-32-26(22-29(38)33-31)23-34-13-15-35(16-14-34)28-8-6-5-7-24(28)2/h5-12,22H,3-4,13-21,23H2,1-2H3,(H,32,33,38). The molecule has 2 aliphatic rings. The van der Waals surface area contributed by atoms with Crippen LogP contribution in [0.3, 0.4) is 0 Å². The van der Waals surface area contributed by atoms with Crippen LogP contribution < -0.4 is 20.1 Å². The van der Waals surface area contributed by atoms with Gasteiger partial charge in [0.1, 0.15) is 5.75 Å². The van der Waals surface area contributed by atoms with Gasteiger partial charge in [0.25, 0.3) is 11.5 Å². The zero-order valence-electron chi connectivity index (χ0n) is 23.6. The maximum Gasteiger partial charge on any atom is 0.253 e. The van der Waals surface area contributed by atoms with Gasteiger partial charge in [-0.05, 0) is 49.2 Å². The molecule has 0 spiro atoms. The number of carbonyl (C=O) groups excluding carboxylic acids is 1. The first kappa shape index (κ1) is 27.7. The molecule has 9 nitrogen and oxygen atoms in total. The number of aromatic amines is 1. The number of unbranched alkanes of at least 4 members (excludes halogenated alkanes) is 1. The third-order valence-electron chi connectivity index (χ3n) is 7.73. The number of aromatic nitrogens is 2. The summed E-state index contributed by atoms with van der Waals surface area (Å²) in [6.07, 6.45) is 2.10. The molecular weight excluding hydrogens is 504 g/mol. The summed E-state index contributed by atoms with van der Waals surface area (Å²) < 4.78 is 5.71. The highest BCUT2D eigenvalue weighted by Crippen LogP contribution is 2.22. The highest BCUT2D eigenvalue weighted by atomic mass is 16.5. The molecule has 0 saturated carbocycles. The molecule has 212 valence electrons. The van der Waals surface area contributed by atoms with Crippen LogP contribution >= 0.6 is 0 Å². The first-order valence-electron chi connectivity index (χ1n) is 14.4. The SMILES string of the molecule is CCCCOc1ccc(C(=O)N2CCN(c3nc(CN4CCN(c5ccccc5C)CC4)cc(=O)[nH]3)CC2)cc1. The van der Waals surface area contributed by atoms with Gasteiger partial charge in [-0.15, -0.1) is 0 Å². The Morgan fingerprint density at radius 1 is 0.925 bits per heavy atom. The van der Waals surface area contributed by atoms with Gasteiger partial charge < -0.3 is 19.4 Å². The number of nitrogens with zero attached hydrogens (tertiary/aromatic N) is 5. The van der Waals surface area contributed by atoms with Gasteiger partial charge in [-0.25, -0.2) is 4.98 Å². The maximum absolute atomic E-state index is 13.1. The van der Waals surface area contributed by atoms with Crippen molar-refractivity contribution in [1.29, 1.82) is 0 Å². The molecule has 3 aromatic rings. The van der Waals surface area contributed by atoms with Crippen molar-refractivity contribution in [3.63, 3.8) is 0 Å². The van der Waals surface area contributed by atoms with E-state index in [4.69, 9.17) is 9.72 Å². The van der Waals surface area contributed by atoms with Gasteiger partial charge >= 0.3 is 0 Å². The van der Waals surface area contributed by atoms with Crippen molar-refractivity contribution in [3.8, 4) is 5.75 Å². The van der Waals surface area contributed by atoms with E-state index in [0.29, 0.717) is 50.8 Å². The molecule has 5 rings (SSSR count). The van der Waals surface area contributed by atoms with Crippen molar-refractivity contribution >= 4 is 17.5 Å². The molecule has 3 heterocycles. The predicted molar refractivity (Wildman–Crippen MR) is 158 cm³/mol. The minimum absolute atomic E-state index is 0.0137. The molecule has 0 radical (unpaired) electrons. The Bertz CT molecular complexity index is 1330. The number of nitrogens with one attached hydrogen (secondary N) is 1. The number of para-hydroxylation sites is 1. The summed E-state index contributed by atoms with van der Waals surface area (Å²) in [6, 6.07) is 17.5. The van der Waals surface area contributed by atoms with Crippen LogP contribution in [0.2, 0.25) is 0 Å². The van der Waals surface area contributed by atoms with Crippen molar-refractivity contribution in [1.82, 2.24) is 19.8 Å². The fraction of sp³-hybridized carbons (Fsp3) is 0.452. The zero-order chi connectivity index (χ0) is 27.9. The number of hydrogen-bond donors (Lipinski definition) is 1. The number of H-pyrrole nitrogens is 1. The number of carbonyl (C=O) groups is 1. The Kier molecular flexibility index (Phi) is 9.01. The smallest absolute Gasteiger partial charge is 0.253 e. The number of rotatable bonds is 9. The molecule has 1 amide bonds. The first-order valence-corrected chi connectivity index (χ1v) is 14.4. The average molecular weight is 545 g/mol. The van der Waals surface area contributed by atoms with Gasteiger partial charge in [-0.2, -0.15) is 0 Å². The third kappa shape index (κ3) is 6.83. The second-order valence-electron chi connectivity index (χ2n) is 10.6. The van der Waals surface area contributed by atoms with Gasteiger partial charge in [0.2, 0.25) is 5.95 Å². The van der Waals surface area contributed by atoms with E-state index in [0.717, 1.165) is 50.5 Å². The van der Waals surface area contributed by atoms with E-state index in [-0.39, 0.29) is 11.5 Å². The third-order valence-corrected chi connectivity index (χ3v) is 7.73. The Morgan fingerprint density at radius 3 is 2.33 bits per heavy atom. The molecule has 0 atom stereocenters. The second kappa shape index (κ2) is 13.0. The number of piperazine rings is 2. The number of benzene rings is 2. The summed E-state index contributed by atoms with van der Waals surface area (Å²) in [5.74, 6) is 1.39. The van der Waals surface area contributed by atoms with Crippen LogP contribution in [0.5, 0.6) is 5.75 Å². The van der Waals surface area contributed by atoms with Crippen molar-refractivity contribution in [2.45, 2.75) is 33.2 Å². The van der Waals surface area contributed by atoms with Crippen molar-refractivity contribution in [3.05, 3.63) is 81.8 Å². The lowest BCUT2D eigenvalue weighted by Gasteiger charge is -2.37. The number of aryl methyl sites for hydroxylation is 1. The Hall–Kier alpha value is -3.85. The molecule has 40 heavy (non-hydrogen) atoms. The minimum atomic E-state index is -0.140. The molecule has 0 unspecified atom stereocenters. The summed E-state index contributed by atoms with van der Waals surface area (Å²) in [6.45, 7) is 11.7. The van der Waals surface area contributed by atoms with E-state index in [1.165, 1.54) is 11.3 Å². The normalized spacial score (nSPS) is 16.3. The zero-order valence-corrected chi connectivity index (χ0v) is 23.6. The van der Waals surface area contributed by atoms with E-state index in [9.17, 15) is 9.59 Å². The molecule has 9 heteroatoms. The molecule has 2 aromatic carbocycles. The monoisotopic (exact) mass is 544 g/mol. The molecule has 1 aromatic heterocycles. The van der Waals surface area contributed by atoms with Crippen molar-refractivity contribution < 1.29 is 9.53 Å². The van der Waals surface area contributed by atoms with Crippen LogP contribution in [0, 0.1) is 6.92 Å². The summed E-state index contributed by atoms with van der Waals surface area (Å²) in [7, 11) is 0. The van der Waals surface area contributed by atoms with Gasteiger partial charge in [-0.1, -0.05) is 31.5 Å². The van der Waals surface area contributed by atoms with Crippen LogP contribution in [-0.2, 0) is 6.54 Å². The van der Waals surface area contributed by atoms with Crippen molar-refractivity contribution in [2.24, 2.45) is 0 Å². The van der Waals surface area contributed by atoms with Gasteiger partial charge in [-0.3, -0.25) is 19.5 Å². The molecule has 0 bridgehead atoms. The topological polar surface area (TPSA) is 85.0 Å². The van der Waals surface area contributed by atoms with E-state index < -0.39 is 0 Å². The summed E-state index contributed by atoms with van der Waals surface area (Å²) in [4.78, 5) is 42.0. The highest BCUT2D eigenvalue weighted by Gasteiger charge is 2.24. The lowest BCUT2D eigenvalue weighted by Crippen LogP contribution is -2.49. The quantitative estimate of drug-likeness (QED) is 0.413. The van der Waals surface area contributed by atoms with Crippen LogP contribution in [0.15, 0.2) is 59.4 Å². The highest BCUT2D eigenvalue weighted by molar-refractivity contribution is 5.94. The number of ether oxygens (including phenoxy) is 1. The Labute approximate surface area is 236 Å². The number of hydrogen-bond acceptors (Lipinski definition) is 7. The molecule has 0 aliphatic carbocycles. The second-order valence-corrected chi connectivity index (χ2v) is 10.6. The largest absolute Gasteiger partial charge is 0.494 e. The maximum atomic E-state index is 13.1. The van der Waals surface area contributed by atoms with E-state index in [2.05, 4.69) is 57.8 Å². The molecular formula is C31H40N6O3. The Balaban J connectivity index is 1.14. The summed E-state index contributed by atoms with van der Waals surface area (Å²) in [5.41, 5.74) is 3.89. The van der Waals surface area contributed by atoms with Crippen LogP contribution in [0.1, 0.15) is 41.4 Å². The minimum Gasteiger partial charge on any atom is -0.494 e. The van der Waals surface area contributed by atoms with Crippen LogP contribution in [0.25, 0.3) is 0 Å². The van der Waals surface area contributed by atoms with E-state index in [1.807, 2.05) is 29.2 Å². The predicted octanol–water partition coefficient (Wildman–Crippen LogP) is 3.54. The van der Waals surface area contributed by atoms with E-state index in [1.54, 1.807) is 6.07 Å². The van der Waals surface area contributed by atoms with Crippen molar-refractivity contribution in [2.75, 3.05) is 68.8 Å². The van der Waals surface area contributed by atoms with Gasteiger partial charge in [0, 0.05) is 76.2 Å². The summed E-state index contributed by atoms with van der Waals surface area (Å²) in [5, 5.41) is 0. The lowest BCUT2D eigenvalue weighted by atomic mass is 10.1. The molecule has 2 fully saturated rings. The Morgan fingerprint density at radius 2 is 1.62 bits per heavy atom. The van der Waals surface area contributed by atoms with E-state index >= 15 is 0 Å². The first-order chi connectivity index (χ1) is 19.5. The van der Waals surface area contributed by atoms with Gasteiger partial charge in [0.15, 0.2) is 0 Å². The van der Waals surface area contributed by atoms with Crippen LogP contribution in [0.4, 0.5) is 11.6 Å². The summed E-state index contributed by atoms with van der Waals surface area (Å²) >= 11 is 0.